The zero-order valence-corrected chi connectivity index (χ0v) is 18.1. The number of halogens is 1. The average Bonchev–Trinajstić information content (AvgIpc) is 2.36. The molecule has 2 aromatic carbocycles. The Kier molecular flexibility index (Phi) is 7.05. The maximum atomic E-state index is 2.42. The highest BCUT2D eigenvalue weighted by molar-refractivity contribution is 8.93. The van der Waals surface area contributed by atoms with E-state index in [-0.39, 0.29) is 24.9 Å². The molecule has 0 aromatic heterocycles. The number of rotatable bonds is 4. The van der Waals surface area contributed by atoms with Gasteiger partial charge in [0, 0.05) is 0 Å². The second-order valence-electron chi connectivity index (χ2n) is 7.19. The summed E-state index contributed by atoms with van der Waals surface area (Å²) >= 11 is 0. The number of aryl methyl sites for hydroxylation is 4. The van der Waals surface area contributed by atoms with Gasteiger partial charge in [-0.1, -0.05) is 79.4 Å². The zero-order chi connectivity index (χ0) is 16.5. The van der Waals surface area contributed by atoms with Gasteiger partial charge in [-0.3, -0.25) is 0 Å². The highest BCUT2D eigenvalue weighted by Gasteiger charge is 2.30. The molecule has 0 saturated heterocycles. The molecule has 0 bridgehead atoms. The van der Waals surface area contributed by atoms with Crippen molar-refractivity contribution >= 4 is 35.5 Å². The first kappa shape index (κ1) is 20.4. The van der Waals surface area contributed by atoms with Gasteiger partial charge in [-0.25, -0.2) is 0 Å². The minimum absolute atomic E-state index is 0. The van der Waals surface area contributed by atoms with Crippen LogP contribution in [0.3, 0.4) is 0 Å². The molecule has 2 heteroatoms. The molecule has 0 nitrogen and oxygen atoms in total. The van der Waals surface area contributed by atoms with Crippen LogP contribution in [0.5, 0.6) is 0 Å². The summed E-state index contributed by atoms with van der Waals surface area (Å²) in [5, 5.41) is 3.34. The van der Waals surface area contributed by atoms with E-state index in [1.807, 2.05) is 0 Å². The SMILES string of the molecule is Br.CCC(C)(C)P(c1cc(C)cc(C)c1)c1cc(C)cc(C)c1. The smallest absolute Gasteiger partial charge is 0.00735 e. The van der Waals surface area contributed by atoms with E-state index in [4.69, 9.17) is 0 Å². The predicted molar refractivity (Wildman–Crippen MR) is 113 cm³/mol. The van der Waals surface area contributed by atoms with E-state index in [0.717, 1.165) is 0 Å². The Balaban J connectivity index is 0.00000264. The molecule has 126 valence electrons. The Morgan fingerprint density at radius 3 is 1.26 bits per heavy atom. The summed E-state index contributed by atoms with van der Waals surface area (Å²) < 4.78 is 0. The van der Waals surface area contributed by atoms with Crippen LogP contribution in [0.15, 0.2) is 36.4 Å². The molecule has 0 unspecified atom stereocenters. The molecule has 2 rings (SSSR count). The highest BCUT2D eigenvalue weighted by atomic mass is 79.9. The van der Waals surface area contributed by atoms with Crippen molar-refractivity contribution in [2.24, 2.45) is 0 Å². The molecular weight excluding hydrogens is 363 g/mol. The summed E-state index contributed by atoms with van der Waals surface area (Å²) in [6, 6.07) is 14.1. The lowest BCUT2D eigenvalue weighted by Crippen LogP contribution is -2.29. The topological polar surface area (TPSA) is 0 Å². The van der Waals surface area contributed by atoms with E-state index >= 15 is 0 Å². The van der Waals surface area contributed by atoms with Crippen molar-refractivity contribution in [1.82, 2.24) is 0 Å². The van der Waals surface area contributed by atoms with Crippen LogP contribution in [0, 0.1) is 27.7 Å². The third kappa shape index (κ3) is 4.91. The Hall–Kier alpha value is -0.650. The van der Waals surface area contributed by atoms with Gasteiger partial charge in [0.2, 0.25) is 0 Å². The van der Waals surface area contributed by atoms with Crippen molar-refractivity contribution in [3.05, 3.63) is 58.7 Å². The van der Waals surface area contributed by atoms with Crippen molar-refractivity contribution in [3.8, 4) is 0 Å². The molecule has 0 radical (unpaired) electrons. The molecular formula is C21H30BrP. The molecule has 0 heterocycles. The van der Waals surface area contributed by atoms with Crippen LogP contribution in [-0.4, -0.2) is 5.16 Å². The first-order chi connectivity index (χ1) is 10.2. The van der Waals surface area contributed by atoms with E-state index in [0.29, 0.717) is 5.16 Å². The maximum Gasteiger partial charge on any atom is -0.00735 e. The molecule has 0 fully saturated rings. The fraction of sp³-hybridized carbons (Fsp3) is 0.429. The van der Waals surface area contributed by atoms with Gasteiger partial charge < -0.3 is 0 Å². The first-order valence-corrected chi connectivity index (χ1v) is 9.54. The number of benzene rings is 2. The number of hydrogen-bond acceptors (Lipinski definition) is 0. The average molecular weight is 393 g/mol. The second-order valence-corrected chi connectivity index (χ2v) is 10.1. The quantitative estimate of drug-likeness (QED) is 0.549. The molecule has 0 spiro atoms. The van der Waals surface area contributed by atoms with Crippen LogP contribution in [0.25, 0.3) is 0 Å². The fourth-order valence-corrected chi connectivity index (χ4v) is 6.51. The Labute approximate surface area is 154 Å². The van der Waals surface area contributed by atoms with Crippen molar-refractivity contribution in [2.75, 3.05) is 0 Å². The molecule has 0 atom stereocenters. The predicted octanol–water partition coefficient (Wildman–Crippen LogP) is 6.12. The fourth-order valence-electron chi connectivity index (χ4n) is 3.17. The molecule has 2 aromatic rings. The minimum atomic E-state index is -0.359. The molecule has 0 aliphatic carbocycles. The monoisotopic (exact) mass is 392 g/mol. The van der Waals surface area contributed by atoms with E-state index < -0.39 is 0 Å². The summed E-state index contributed by atoms with van der Waals surface area (Å²) in [5.41, 5.74) is 5.50. The highest BCUT2D eigenvalue weighted by Crippen LogP contribution is 2.50. The lowest BCUT2D eigenvalue weighted by Gasteiger charge is -2.35. The third-order valence-electron chi connectivity index (χ3n) is 4.40. The van der Waals surface area contributed by atoms with Gasteiger partial charge in [0.05, 0.1) is 0 Å². The third-order valence-corrected chi connectivity index (χ3v) is 7.48. The molecule has 0 aliphatic heterocycles. The molecule has 0 saturated carbocycles. The van der Waals surface area contributed by atoms with E-state index in [1.54, 1.807) is 0 Å². The summed E-state index contributed by atoms with van der Waals surface area (Å²) in [6.07, 6.45) is 1.19. The molecule has 0 aliphatic rings. The van der Waals surface area contributed by atoms with Crippen molar-refractivity contribution in [1.29, 1.82) is 0 Å². The molecule has 23 heavy (non-hydrogen) atoms. The summed E-state index contributed by atoms with van der Waals surface area (Å²) in [5.74, 6) is 0. The van der Waals surface area contributed by atoms with Crippen LogP contribution in [0.1, 0.15) is 49.4 Å². The van der Waals surface area contributed by atoms with E-state index in [1.165, 1.54) is 39.3 Å². The van der Waals surface area contributed by atoms with E-state index in [2.05, 4.69) is 84.9 Å². The van der Waals surface area contributed by atoms with Crippen LogP contribution < -0.4 is 10.6 Å². The van der Waals surface area contributed by atoms with E-state index in [9.17, 15) is 0 Å². The van der Waals surface area contributed by atoms with Crippen molar-refractivity contribution < 1.29 is 0 Å². The van der Waals surface area contributed by atoms with Crippen molar-refractivity contribution in [2.45, 2.75) is 60.0 Å². The van der Waals surface area contributed by atoms with Gasteiger partial charge in [0.15, 0.2) is 0 Å². The Morgan fingerprint density at radius 1 is 0.696 bits per heavy atom. The zero-order valence-electron chi connectivity index (χ0n) is 15.5. The van der Waals surface area contributed by atoms with Gasteiger partial charge >= 0.3 is 0 Å². The molecule has 0 amide bonds. The summed E-state index contributed by atoms with van der Waals surface area (Å²) in [7, 11) is -0.359. The Bertz CT molecular complexity index is 582. The van der Waals surface area contributed by atoms with Gasteiger partial charge in [0.1, 0.15) is 0 Å². The van der Waals surface area contributed by atoms with Crippen LogP contribution in [-0.2, 0) is 0 Å². The second kappa shape index (κ2) is 7.95. The standard InChI is InChI=1S/C21H29P.BrH/c1-8-21(6,7)22(19-11-15(2)9-16(3)12-19)20-13-17(4)10-18(5)14-20;/h9-14H,8H2,1-7H3;1H. The lowest BCUT2D eigenvalue weighted by molar-refractivity contribution is 0.676. The Morgan fingerprint density at radius 2 is 1.00 bits per heavy atom. The van der Waals surface area contributed by atoms with Crippen LogP contribution in [0.4, 0.5) is 0 Å². The maximum absolute atomic E-state index is 2.42. The van der Waals surface area contributed by atoms with Gasteiger partial charge in [0.25, 0.3) is 0 Å². The summed E-state index contributed by atoms with van der Waals surface area (Å²) in [4.78, 5) is 0. The van der Waals surface area contributed by atoms with Crippen LogP contribution in [0.2, 0.25) is 0 Å². The minimum Gasteiger partial charge on any atom is -0.114 e. The van der Waals surface area contributed by atoms with Gasteiger partial charge in [-0.2, -0.15) is 0 Å². The lowest BCUT2D eigenvalue weighted by atomic mass is 10.1. The molecule has 0 N–H and O–H groups in total. The van der Waals surface area contributed by atoms with Crippen LogP contribution >= 0.6 is 24.9 Å². The largest absolute Gasteiger partial charge is 0.114 e. The van der Waals surface area contributed by atoms with Gasteiger partial charge in [-0.05, 0) is 57.8 Å². The normalized spacial score (nSPS) is 11.5. The first-order valence-electron chi connectivity index (χ1n) is 8.20. The van der Waals surface area contributed by atoms with Crippen molar-refractivity contribution in [3.63, 3.8) is 0 Å². The van der Waals surface area contributed by atoms with Gasteiger partial charge in [-0.15, -0.1) is 17.0 Å². The summed E-state index contributed by atoms with van der Waals surface area (Å²) in [6.45, 7) is 16.0. The number of hydrogen-bond donors (Lipinski definition) is 0.